The highest BCUT2D eigenvalue weighted by Gasteiger charge is 2.51. The fourth-order valence-corrected chi connectivity index (χ4v) is 2.07. The molecule has 11 heavy (non-hydrogen) atoms. The average molecular weight is 149 g/mol. The molecule has 0 aliphatic heterocycles. The van der Waals surface area contributed by atoms with E-state index in [1.54, 1.807) is 0 Å². The van der Waals surface area contributed by atoms with Crippen LogP contribution in [0.5, 0.6) is 0 Å². The summed E-state index contributed by atoms with van der Waals surface area (Å²) < 4.78 is 0. The number of ketones is 1. The summed E-state index contributed by atoms with van der Waals surface area (Å²) in [5.41, 5.74) is -0.213. The number of Topliss-reactive ketones (excluding diaryl/α,β-unsaturated/α-hetero) is 1. The molecule has 0 amide bonds. The molecule has 58 valence electrons. The first-order chi connectivity index (χ1) is 5.27. The van der Waals surface area contributed by atoms with Gasteiger partial charge in [-0.15, -0.1) is 0 Å². The minimum atomic E-state index is -0.213. The quantitative estimate of drug-likeness (QED) is 0.569. The van der Waals surface area contributed by atoms with Crippen molar-refractivity contribution >= 4 is 5.78 Å². The lowest BCUT2D eigenvalue weighted by Gasteiger charge is -2.45. The maximum Gasteiger partial charge on any atom is 0.136 e. The van der Waals surface area contributed by atoms with Crippen molar-refractivity contribution < 1.29 is 4.79 Å². The van der Waals surface area contributed by atoms with Gasteiger partial charge in [0.2, 0.25) is 0 Å². The van der Waals surface area contributed by atoms with Crippen molar-refractivity contribution in [3.8, 4) is 6.07 Å². The SMILES string of the molecule is N#CC1(C2CCC2)CC(=O)C1. The van der Waals surface area contributed by atoms with Crippen molar-refractivity contribution in [3.05, 3.63) is 0 Å². The number of nitrogens with zero attached hydrogens (tertiary/aromatic N) is 1. The van der Waals surface area contributed by atoms with E-state index in [4.69, 9.17) is 5.26 Å². The highest BCUT2D eigenvalue weighted by atomic mass is 16.1. The lowest BCUT2D eigenvalue weighted by molar-refractivity contribution is -0.134. The van der Waals surface area contributed by atoms with E-state index in [1.165, 1.54) is 19.3 Å². The van der Waals surface area contributed by atoms with Crippen LogP contribution in [-0.4, -0.2) is 5.78 Å². The van der Waals surface area contributed by atoms with E-state index in [0.29, 0.717) is 18.8 Å². The zero-order chi connectivity index (χ0) is 7.90. The van der Waals surface area contributed by atoms with E-state index in [0.717, 1.165) is 0 Å². The molecule has 2 nitrogen and oxygen atoms in total. The average Bonchev–Trinajstić information content (AvgIpc) is 1.79. The summed E-state index contributed by atoms with van der Waals surface area (Å²) in [5.74, 6) is 0.823. The van der Waals surface area contributed by atoms with Gasteiger partial charge in [0.15, 0.2) is 0 Å². The van der Waals surface area contributed by atoms with E-state index in [-0.39, 0.29) is 11.2 Å². The van der Waals surface area contributed by atoms with Gasteiger partial charge in [-0.25, -0.2) is 0 Å². The number of nitriles is 1. The third-order valence-electron chi connectivity index (χ3n) is 3.13. The Hall–Kier alpha value is -0.840. The molecule has 0 bridgehead atoms. The maximum atomic E-state index is 10.8. The van der Waals surface area contributed by atoms with Crippen LogP contribution in [0.3, 0.4) is 0 Å². The van der Waals surface area contributed by atoms with Gasteiger partial charge >= 0.3 is 0 Å². The maximum absolute atomic E-state index is 10.8. The Labute approximate surface area is 66.2 Å². The van der Waals surface area contributed by atoms with Crippen LogP contribution in [0.25, 0.3) is 0 Å². The van der Waals surface area contributed by atoms with E-state index >= 15 is 0 Å². The molecule has 2 aliphatic rings. The van der Waals surface area contributed by atoms with Gasteiger partial charge in [0.25, 0.3) is 0 Å². The van der Waals surface area contributed by atoms with Crippen molar-refractivity contribution in [3.63, 3.8) is 0 Å². The second kappa shape index (κ2) is 2.07. The third kappa shape index (κ3) is 0.805. The largest absolute Gasteiger partial charge is 0.300 e. The van der Waals surface area contributed by atoms with E-state index in [2.05, 4.69) is 6.07 Å². The Morgan fingerprint density at radius 2 is 2.09 bits per heavy atom. The summed E-state index contributed by atoms with van der Waals surface area (Å²) in [4.78, 5) is 10.8. The predicted octanol–water partition coefficient (Wildman–Crippen LogP) is 1.66. The van der Waals surface area contributed by atoms with Gasteiger partial charge in [-0.05, 0) is 18.8 Å². The van der Waals surface area contributed by atoms with E-state index in [9.17, 15) is 4.79 Å². The van der Waals surface area contributed by atoms with E-state index < -0.39 is 0 Å². The van der Waals surface area contributed by atoms with Crippen LogP contribution < -0.4 is 0 Å². The number of hydrogen-bond donors (Lipinski definition) is 0. The molecule has 0 aromatic heterocycles. The molecule has 2 saturated carbocycles. The topological polar surface area (TPSA) is 40.9 Å². The molecule has 0 saturated heterocycles. The molecule has 2 heteroatoms. The first-order valence-corrected chi connectivity index (χ1v) is 4.20. The van der Waals surface area contributed by atoms with Crippen molar-refractivity contribution in [2.45, 2.75) is 32.1 Å². The third-order valence-corrected chi connectivity index (χ3v) is 3.13. The highest BCUT2D eigenvalue weighted by molar-refractivity contribution is 5.87. The standard InChI is InChI=1S/C9H11NO/c10-6-9(4-8(11)5-9)7-2-1-3-7/h7H,1-5H2. The van der Waals surface area contributed by atoms with Crippen LogP contribution in [0.2, 0.25) is 0 Å². The zero-order valence-corrected chi connectivity index (χ0v) is 6.47. The molecule has 2 fully saturated rings. The summed E-state index contributed by atoms with van der Waals surface area (Å²) in [6.45, 7) is 0. The number of carbonyl (C=O) groups excluding carboxylic acids is 1. The van der Waals surface area contributed by atoms with Gasteiger partial charge in [-0.3, -0.25) is 4.79 Å². The molecular weight excluding hydrogens is 138 g/mol. The number of hydrogen-bond acceptors (Lipinski definition) is 2. The Balaban J connectivity index is 2.07. The van der Waals surface area contributed by atoms with Crippen molar-refractivity contribution in [1.29, 1.82) is 5.26 Å². The van der Waals surface area contributed by atoms with Gasteiger partial charge in [0.1, 0.15) is 5.78 Å². The summed E-state index contributed by atoms with van der Waals surface area (Å²) in [6.07, 6.45) is 4.66. The zero-order valence-electron chi connectivity index (χ0n) is 6.47. The molecule has 0 aromatic rings. The lowest BCUT2D eigenvalue weighted by Crippen LogP contribution is -2.45. The number of carbonyl (C=O) groups is 1. The molecule has 0 radical (unpaired) electrons. The second-order valence-corrected chi connectivity index (χ2v) is 3.79. The summed E-state index contributed by atoms with van der Waals surface area (Å²) in [7, 11) is 0. The monoisotopic (exact) mass is 149 g/mol. The minimum absolute atomic E-state index is 0.213. The molecule has 0 aromatic carbocycles. The van der Waals surface area contributed by atoms with Gasteiger partial charge in [-0.2, -0.15) is 5.26 Å². The predicted molar refractivity (Wildman–Crippen MR) is 39.6 cm³/mol. The molecule has 0 spiro atoms. The second-order valence-electron chi connectivity index (χ2n) is 3.79. The first kappa shape index (κ1) is 6.84. The lowest BCUT2D eigenvalue weighted by atomic mass is 9.55. The summed E-state index contributed by atoms with van der Waals surface area (Å²) >= 11 is 0. The summed E-state index contributed by atoms with van der Waals surface area (Å²) in [5, 5.41) is 8.89. The van der Waals surface area contributed by atoms with Crippen molar-refractivity contribution in [2.75, 3.05) is 0 Å². The van der Waals surface area contributed by atoms with Crippen LogP contribution in [0.15, 0.2) is 0 Å². The fourth-order valence-electron chi connectivity index (χ4n) is 2.07. The molecule has 2 aliphatic carbocycles. The fraction of sp³-hybridized carbons (Fsp3) is 0.778. The van der Waals surface area contributed by atoms with Crippen molar-refractivity contribution in [1.82, 2.24) is 0 Å². The minimum Gasteiger partial charge on any atom is -0.300 e. The van der Waals surface area contributed by atoms with Gasteiger partial charge < -0.3 is 0 Å². The number of rotatable bonds is 1. The normalized spacial score (nSPS) is 28.5. The molecule has 0 unspecified atom stereocenters. The van der Waals surface area contributed by atoms with Crippen LogP contribution >= 0.6 is 0 Å². The van der Waals surface area contributed by atoms with Gasteiger partial charge in [-0.1, -0.05) is 6.42 Å². The van der Waals surface area contributed by atoms with Crippen LogP contribution in [-0.2, 0) is 4.79 Å². The Bertz CT molecular complexity index is 226. The molecule has 0 heterocycles. The van der Waals surface area contributed by atoms with Crippen LogP contribution in [0.1, 0.15) is 32.1 Å². The first-order valence-electron chi connectivity index (χ1n) is 4.20. The molecule has 2 rings (SSSR count). The van der Waals surface area contributed by atoms with Crippen molar-refractivity contribution in [2.24, 2.45) is 11.3 Å². The van der Waals surface area contributed by atoms with Gasteiger partial charge in [0.05, 0.1) is 11.5 Å². The Kier molecular flexibility index (Phi) is 1.29. The Morgan fingerprint density at radius 3 is 2.36 bits per heavy atom. The van der Waals surface area contributed by atoms with Crippen LogP contribution in [0, 0.1) is 22.7 Å². The molecular formula is C9H11NO. The summed E-state index contributed by atoms with van der Waals surface area (Å²) in [6, 6.07) is 2.33. The van der Waals surface area contributed by atoms with E-state index in [1.807, 2.05) is 0 Å². The smallest absolute Gasteiger partial charge is 0.136 e. The molecule has 0 atom stereocenters. The Morgan fingerprint density at radius 1 is 1.45 bits per heavy atom. The van der Waals surface area contributed by atoms with Crippen LogP contribution in [0.4, 0.5) is 0 Å². The van der Waals surface area contributed by atoms with Gasteiger partial charge in [0, 0.05) is 12.8 Å². The highest BCUT2D eigenvalue weighted by Crippen LogP contribution is 2.52. The molecule has 0 N–H and O–H groups in total.